The number of carbonyl (C=O) groups is 2. The number of carbonyl (C=O) groups excluding carboxylic acids is 2. The standard InChI is InChI=1S/C31H24Cl3F2N3O4/c1-42-12-3-13-43-38-25-11-10-24(35)27(28(25)36)29(40)21-16-39(31(41)26-22(33)4-2-5-23(26)34)30-20(21)14-18(15-37-30)17-6-8-19(32)9-7-17/h2,4-11,14,16,37-38H,3,12-13,15H2,1H3. The summed E-state index contributed by atoms with van der Waals surface area (Å²) in [6, 6.07) is 13.7. The molecule has 1 aromatic heterocycles. The largest absolute Gasteiger partial charge is 0.385 e. The summed E-state index contributed by atoms with van der Waals surface area (Å²) >= 11 is 18.7. The number of halogens is 5. The van der Waals surface area contributed by atoms with Crippen molar-refractivity contribution in [2.24, 2.45) is 0 Å². The van der Waals surface area contributed by atoms with Crippen LogP contribution >= 0.6 is 34.8 Å². The Kier molecular flexibility index (Phi) is 9.49. The van der Waals surface area contributed by atoms with Crippen LogP contribution in [0, 0.1) is 11.6 Å². The van der Waals surface area contributed by atoms with Crippen LogP contribution in [0.1, 0.15) is 43.8 Å². The second-order valence-electron chi connectivity index (χ2n) is 9.52. The van der Waals surface area contributed by atoms with Gasteiger partial charge in [0.2, 0.25) is 5.78 Å². The van der Waals surface area contributed by atoms with Gasteiger partial charge in [-0.3, -0.25) is 24.5 Å². The van der Waals surface area contributed by atoms with E-state index in [4.69, 9.17) is 44.4 Å². The van der Waals surface area contributed by atoms with Crippen LogP contribution in [-0.4, -0.2) is 43.1 Å². The SMILES string of the molecule is COCCCONc1ccc(F)c(C(=O)c2cn(C(=O)c3c(Cl)cccc3Cl)c3c2C=C(c2ccc(Cl)cc2)CN3)c1F. The maximum absolute atomic E-state index is 15.6. The van der Waals surface area contributed by atoms with Crippen LogP contribution in [0.15, 0.2) is 60.8 Å². The van der Waals surface area contributed by atoms with Gasteiger partial charge in [-0.1, -0.05) is 53.0 Å². The van der Waals surface area contributed by atoms with Gasteiger partial charge in [-0.25, -0.2) is 8.78 Å². The van der Waals surface area contributed by atoms with Gasteiger partial charge in [0.15, 0.2) is 5.82 Å². The fourth-order valence-corrected chi connectivity index (χ4v) is 5.33. The van der Waals surface area contributed by atoms with Crippen molar-refractivity contribution in [3.63, 3.8) is 0 Å². The number of nitrogens with one attached hydrogen (secondary N) is 2. The zero-order valence-corrected chi connectivity index (χ0v) is 24.9. The number of hydrogen-bond acceptors (Lipinski definition) is 6. The summed E-state index contributed by atoms with van der Waals surface area (Å²) in [6.45, 7) is 0.885. The Morgan fingerprint density at radius 3 is 2.40 bits per heavy atom. The molecule has 2 N–H and O–H groups in total. The number of fused-ring (bicyclic) bond motifs is 1. The zero-order valence-electron chi connectivity index (χ0n) is 22.6. The molecule has 4 aromatic rings. The predicted octanol–water partition coefficient (Wildman–Crippen LogP) is 7.99. The van der Waals surface area contributed by atoms with E-state index in [9.17, 15) is 9.59 Å². The lowest BCUT2D eigenvalue weighted by Crippen LogP contribution is -2.19. The minimum atomic E-state index is -1.15. The Bertz CT molecular complexity index is 1720. The van der Waals surface area contributed by atoms with Crippen molar-refractivity contribution < 1.29 is 27.9 Å². The van der Waals surface area contributed by atoms with E-state index >= 15 is 8.78 Å². The number of aromatic nitrogens is 1. The lowest BCUT2D eigenvalue weighted by Gasteiger charge is -2.19. The summed E-state index contributed by atoms with van der Waals surface area (Å²) in [6.07, 6.45) is 3.44. The van der Waals surface area contributed by atoms with E-state index in [1.165, 1.54) is 30.0 Å². The van der Waals surface area contributed by atoms with Gasteiger partial charge < -0.3 is 10.1 Å². The topological polar surface area (TPSA) is 81.6 Å². The Morgan fingerprint density at radius 1 is 0.977 bits per heavy atom. The average Bonchev–Trinajstić information content (AvgIpc) is 3.37. The molecule has 0 fully saturated rings. The molecular weight excluding hydrogens is 623 g/mol. The van der Waals surface area contributed by atoms with Crippen molar-refractivity contribution in [2.45, 2.75) is 6.42 Å². The highest BCUT2D eigenvalue weighted by Crippen LogP contribution is 2.37. The number of nitrogens with zero attached hydrogens (tertiary/aromatic N) is 1. The summed E-state index contributed by atoms with van der Waals surface area (Å²) in [5.74, 6) is -3.62. The molecule has 1 aliphatic rings. The van der Waals surface area contributed by atoms with E-state index in [-0.39, 0.29) is 51.4 Å². The van der Waals surface area contributed by atoms with E-state index in [0.29, 0.717) is 18.1 Å². The first kappa shape index (κ1) is 30.7. The highest BCUT2D eigenvalue weighted by molar-refractivity contribution is 6.40. The lowest BCUT2D eigenvalue weighted by molar-refractivity contribution is 0.0962. The van der Waals surface area contributed by atoms with Gasteiger partial charge in [-0.15, -0.1) is 0 Å². The minimum Gasteiger partial charge on any atom is -0.385 e. The van der Waals surface area contributed by atoms with E-state index in [2.05, 4.69) is 10.8 Å². The number of hydrogen-bond donors (Lipinski definition) is 2. The fourth-order valence-electron chi connectivity index (χ4n) is 4.64. The molecule has 12 heteroatoms. The van der Waals surface area contributed by atoms with Crippen molar-refractivity contribution in [3.8, 4) is 0 Å². The second kappa shape index (κ2) is 13.3. The quantitative estimate of drug-likeness (QED) is 0.103. The second-order valence-corrected chi connectivity index (χ2v) is 10.8. The molecule has 7 nitrogen and oxygen atoms in total. The molecule has 2 heterocycles. The normalized spacial score (nSPS) is 12.4. The molecule has 0 atom stereocenters. The molecule has 3 aromatic carbocycles. The first-order chi connectivity index (χ1) is 20.7. The molecule has 0 aliphatic carbocycles. The molecule has 0 saturated heterocycles. The highest BCUT2D eigenvalue weighted by atomic mass is 35.5. The Hall–Kier alpha value is -3.73. The fraction of sp³-hybridized carbons (Fsp3) is 0.161. The first-order valence-corrected chi connectivity index (χ1v) is 14.2. The third-order valence-electron chi connectivity index (χ3n) is 6.76. The highest BCUT2D eigenvalue weighted by Gasteiger charge is 2.31. The summed E-state index contributed by atoms with van der Waals surface area (Å²) in [7, 11) is 1.54. The van der Waals surface area contributed by atoms with Crippen molar-refractivity contribution in [1.29, 1.82) is 0 Å². The molecule has 43 heavy (non-hydrogen) atoms. The maximum Gasteiger partial charge on any atom is 0.266 e. The molecule has 0 saturated carbocycles. The molecule has 1 aliphatic heterocycles. The molecule has 0 unspecified atom stereocenters. The molecular formula is C31H24Cl3F2N3O4. The zero-order chi connectivity index (χ0) is 30.7. The van der Waals surface area contributed by atoms with Crippen LogP contribution in [0.5, 0.6) is 0 Å². The predicted molar refractivity (Wildman–Crippen MR) is 164 cm³/mol. The number of benzene rings is 3. The monoisotopic (exact) mass is 645 g/mol. The van der Waals surface area contributed by atoms with Crippen LogP contribution in [0.3, 0.4) is 0 Å². The molecule has 0 radical (unpaired) electrons. The number of anilines is 2. The molecule has 0 amide bonds. The number of ketones is 1. The minimum absolute atomic E-state index is 0.00564. The van der Waals surface area contributed by atoms with Crippen LogP contribution < -0.4 is 10.8 Å². The van der Waals surface area contributed by atoms with Crippen molar-refractivity contribution in [1.82, 2.24) is 4.57 Å². The molecule has 222 valence electrons. The lowest BCUT2D eigenvalue weighted by atomic mass is 9.95. The first-order valence-electron chi connectivity index (χ1n) is 13.0. The summed E-state index contributed by atoms with van der Waals surface area (Å²) in [5, 5.41) is 3.91. The number of rotatable bonds is 10. The number of methoxy groups -OCH3 is 1. The molecule has 0 spiro atoms. The summed E-state index contributed by atoms with van der Waals surface area (Å²) < 4.78 is 36.8. The van der Waals surface area contributed by atoms with Gasteiger partial charge in [-0.05, 0) is 60.0 Å². The van der Waals surface area contributed by atoms with Gasteiger partial charge in [0, 0.05) is 37.0 Å². The van der Waals surface area contributed by atoms with E-state index in [1.807, 2.05) is 0 Å². The van der Waals surface area contributed by atoms with Gasteiger partial charge in [0.25, 0.3) is 5.91 Å². The summed E-state index contributed by atoms with van der Waals surface area (Å²) in [5.41, 5.74) is 3.06. The third-order valence-corrected chi connectivity index (χ3v) is 7.64. The van der Waals surface area contributed by atoms with Gasteiger partial charge in [0.1, 0.15) is 11.6 Å². The summed E-state index contributed by atoms with van der Waals surface area (Å²) in [4.78, 5) is 32.9. The molecule has 0 bridgehead atoms. The van der Waals surface area contributed by atoms with E-state index < -0.39 is 28.9 Å². The molecule has 5 rings (SSSR count). The van der Waals surface area contributed by atoms with E-state index in [1.54, 1.807) is 36.4 Å². The van der Waals surface area contributed by atoms with Crippen molar-refractivity contribution in [2.75, 3.05) is 37.7 Å². The van der Waals surface area contributed by atoms with Crippen molar-refractivity contribution >= 4 is 69.6 Å². The van der Waals surface area contributed by atoms with Gasteiger partial charge >= 0.3 is 0 Å². The van der Waals surface area contributed by atoms with Crippen molar-refractivity contribution in [3.05, 3.63) is 115 Å². The van der Waals surface area contributed by atoms with Crippen LogP contribution in [-0.2, 0) is 9.57 Å². The average molecular weight is 647 g/mol. The van der Waals surface area contributed by atoms with Gasteiger partial charge in [0.05, 0.1) is 39.0 Å². The maximum atomic E-state index is 15.6. The Balaban J connectivity index is 1.61. The van der Waals surface area contributed by atoms with Crippen LogP contribution in [0.4, 0.5) is 20.3 Å². The van der Waals surface area contributed by atoms with Crippen LogP contribution in [0.2, 0.25) is 15.1 Å². The third kappa shape index (κ3) is 6.32. The van der Waals surface area contributed by atoms with Crippen LogP contribution in [0.25, 0.3) is 11.6 Å². The Labute approximate surface area is 260 Å². The van der Waals surface area contributed by atoms with E-state index in [0.717, 1.165) is 23.3 Å². The smallest absolute Gasteiger partial charge is 0.266 e. The van der Waals surface area contributed by atoms with Gasteiger partial charge in [-0.2, -0.15) is 0 Å². The number of ether oxygens (including phenoxy) is 1. The Morgan fingerprint density at radius 2 is 1.70 bits per heavy atom.